The second-order valence-electron chi connectivity index (χ2n) is 2.25. The molecule has 2 nitrogen and oxygen atoms in total. The van der Waals surface area contributed by atoms with Crippen molar-refractivity contribution in [2.45, 2.75) is 20.8 Å². The van der Waals surface area contributed by atoms with Crippen LogP contribution in [0.4, 0.5) is 0 Å². The van der Waals surface area contributed by atoms with E-state index in [9.17, 15) is 0 Å². The van der Waals surface area contributed by atoms with E-state index in [-0.39, 0.29) is 0 Å². The Morgan fingerprint density at radius 1 is 1.38 bits per heavy atom. The van der Waals surface area contributed by atoms with Crippen LogP contribution in [0.15, 0.2) is 29.0 Å². The minimum atomic E-state index is 0.850. The molecule has 2 rings (SSSR count). The van der Waals surface area contributed by atoms with Crippen LogP contribution in [0.5, 0.6) is 0 Å². The monoisotopic (exact) mass is 195 g/mol. The van der Waals surface area contributed by atoms with E-state index in [1.807, 2.05) is 39.1 Å². The first-order valence-electron chi connectivity index (χ1n) is 4.32. The molecule has 0 aromatic carbocycles. The highest BCUT2D eigenvalue weighted by molar-refractivity contribution is 7.14. The smallest absolute Gasteiger partial charge is 0.162 e. The van der Waals surface area contributed by atoms with Gasteiger partial charge in [0.15, 0.2) is 10.8 Å². The highest BCUT2D eigenvalue weighted by Crippen LogP contribution is 2.24. The largest absolute Gasteiger partial charge is 0.462 e. The van der Waals surface area contributed by atoms with E-state index in [1.165, 1.54) is 4.88 Å². The Morgan fingerprint density at radius 3 is 2.62 bits per heavy atom. The van der Waals surface area contributed by atoms with Crippen molar-refractivity contribution in [1.29, 1.82) is 0 Å². The zero-order chi connectivity index (χ0) is 9.68. The lowest BCUT2D eigenvalue weighted by Gasteiger charge is -1.84. The van der Waals surface area contributed by atoms with Crippen molar-refractivity contribution >= 4 is 11.3 Å². The standard InChI is InChI=1S/C8H7NOS.C2H6/c1-6-5-9-8(11-6)7-3-2-4-10-7;1-2/h2-5H,1H3;1-2H3. The summed E-state index contributed by atoms with van der Waals surface area (Å²) in [5.41, 5.74) is 0. The van der Waals surface area contributed by atoms with Gasteiger partial charge in [-0.3, -0.25) is 0 Å². The molecule has 0 aliphatic carbocycles. The minimum Gasteiger partial charge on any atom is -0.462 e. The fourth-order valence-electron chi connectivity index (χ4n) is 0.869. The Kier molecular flexibility index (Phi) is 3.71. The van der Waals surface area contributed by atoms with Crippen molar-refractivity contribution in [2.24, 2.45) is 0 Å². The van der Waals surface area contributed by atoms with Crippen molar-refractivity contribution < 1.29 is 4.42 Å². The molecule has 2 aromatic rings. The third kappa shape index (κ3) is 2.42. The Morgan fingerprint density at radius 2 is 2.15 bits per heavy atom. The number of rotatable bonds is 1. The summed E-state index contributed by atoms with van der Waals surface area (Å²) in [6.07, 6.45) is 3.51. The van der Waals surface area contributed by atoms with E-state index >= 15 is 0 Å². The van der Waals surface area contributed by atoms with Gasteiger partial charge in [0.2, 0.25) is 0 Å². The Balaban J connectivity index is 0.000000396. The van der Waals surface area contributed by atoms with Crippen LogP contribution in [0.2, 0.25) is 0 Å². The van der Waals surface area contributed by atoms with E-state index in [1.54, 1.807) is 17.6 Å². The first-order valence-corrected chi connectivity index (χ1v) is 5.14. The number of aryl methyl sites for hydroxylation is 1. The molecule has 70 valence electrons. The average molecular weight is 195 g/mol. The fraction of sp³-hybridized carbons (Fsp3) is 0.300. The molecule has 2 heterocycles. The van der Waals surface area contributed by atoms with Crippen LogP contribution < -0.4 is 0 Å². The van der Waals surface area contributed by atoms with Crippen LogP contribution in [0.25, 0.3) is 10.8 Å². The maximum atomic E-state index is 5.18. The van der Waals surface area contributed by atoms with Crippen molar-refractivity contribution in [3.63, 3.8) is 0 Å². The molecule has 2 aromatic heterocycles. The summed E-state index contributed by atoms with van der Waals surface area (Å²) in [5, 5.41) is 0.951. The zero-order valence-corrected chi connectivity index (χ0v) is 8.89. The molecule has 13 heavy (non-hydrogen) atoms. The molecule has 3 heteroatoms. The molecule has 0 radical (unpaired) electrons. The first-order chi connectivity index (χ1) is 6.36. The Hall–Kier alpha value is -1.09. The summed E-state index contributed by atoms with van der Waals surface area (Å²) in [7, 11) is 0. The van der Waals surface area contributed by atoms with Gasteiger partial charge in [0.05, 0.1) is 6.26 Å². The molecule has 0 atom stereocenters. The number of nitrogens with zero attached hydrogens (tertiary/aromatic N) is 1. The van der Waals surface area contributed by atoms with Gasteiger partial charge in [-0.15, -0.1) is 11.3 Å². The molecule has 0 spiro atoms. The van der Waals surface area contributed by atoms with Crippen molar-refractivity contribution in [3.8, 4) is 10.8 Å². The summed E-state index contributed by atoms with van der Waals surface area (Å²) in [5.74, 6) is 0.850. The number of thiazole rings is 1. The first kappa shape index (κ1) is 9.99. The molecule has 0 saturated carbocycles. The summed E-state index contributed by atoms with van der Waals surface area (Å²) in [6, 6.07) is 3.78. The van der Waals surface area contributed by atoms with Gasteiger partial charge < -0.3 is 4.42 Å². The van der Waals surface area contributed by atoms with Crippen LogP contribution in [0, 0.1) is 6.92 Å². The minimum absolute atomic E-state index is 0.850. The van der Waals surface area contributed by atoms with Crippen molar-refractivity contribution in [3.05, 3.63) is 29.5 Å². The topological polar surface area (TPSA) is 26.0 Å². The van der Waals surface area contributed by atoms with Crippen molar-refractivity contribution in [2.75, 3.05) is 0 Å². The lowest BCUT2D eigenvalue weighted by atomic mass is 10.5. The highest BCUT2D eigenvalue weighted by Gasteiger charge is 2.03. The van der Waals surface area contributed by atoms with E-state index < -0.39 is 0 Å². The van der Waals surface area contributed by atoms with Crippen LogP contribution in [-0.2, 0) is 0 Å². The van der Waals surface area contributed by atoms with E-state index in [4.69, 9.17) is 4.42 Å². The Bertz CT molecular complexity index is 337. The zero-order valence-electron chi connectivity index (χ0n) is 8.07. The number of hydrogen-bond acceptors (Lipinski definition) is 3. The lowest BCUT2D eigenvalue weighted by Crippen LogP contribution is -1.65. The second-order valence-corrected chi connectivity index (χ2v) is 3.49. The highest BCUT2D eigenvalue weighted by atomic mass is 32.1. The van der Waals surface area contributed by atoms with Gasteiger partial charge in [-0.2, -0.15) is 0 Å². The summed E-state index contributed by atoms with van der Waals surface area (Å²) in [6.45, 7) is 6.03. The van der Waals surface area contributed by atoms with Gasteiger partial charge in [-0.1, -0.05) is 13.8 Å². The van der Waals surface area contributed by atoms with Crippen LogP contribution in [-0.4, -0.2) is 4.98 Å². The lowest BCUT2D eigenvalue weighted by molar-refractivity contribution is 0.582. The van der Waals surface area contributed by atoms with Gasteiger partial charge >= 0.3 is 0 Å². The van der Waals surface area contributed by atoms with Crippen LogP contribution in [0.1, 0.15) is 18.7 Å². The normalized spacial score (nSPS) is 9.15. The fourth-order valence-corrected chi connectivity index (χ4v) is 1.60. The maximum Gasteiger partial charge on any atom is 0.162 e. The average Bonchev–Trinajstić information content (AvgIpc) is 2.77. The van der Waals surface area contributed by atoms with E-state index in [2.05, 4.69) is 4.98 Å². The Labute approximate surface area is 82.2 Å². The molecular formula is C10H13NOS. The van der Waals surface area contributed by atoms with Crippen LogP contribution >= 0.6 is 11.3 Å². The molecule has 0 aliphatic rings. The van der Waals surface area contributed by atoms with Gasteiger partial charge in [-0.05, 0) is 19.1 Å². The van der Waals surface area contributed by atoms with Gasteiger partial charge in [0.25, 0.3) is 0 Å². The quantitative estimate of drug-likeness (QED) is 0.692. The predicted octanol–water partition coefficient (Wildman–Crippen LogP) is 3.74. The van der Waals surface area contributed by atoms with Crippen molar-refractivity contribution in [1.82, 2.24) is 4.98 Å². The molecule has 0 aliphatic heterocycles. The van der Waals surface area contributed by atoms with Gasteiger partial charge in [0, 0.05) is 11.1 Å². The predicted molar refractivity (Wildman–Crippen MR) is 55.9 cm³/mol. The number of hydrogen-bond donors (Lipinski definition) is 0. The summed E-state index contributed by atoms with van der Waals surface area (Å²) in [4.78, 5) is 5.39. The van der Waals surface area contributed by atoms with E-state index in [0.29, 0.717) is 0 Å². The molecule has 0 fully saturated rings. The molecule has 0 bridgehead atoms. The number of furan rings is 1. The molecule has 0 saturated heterocycles. The summed E-state index contributed by atoms with van der Waals surface area (Å²) >= 11 is 1.64. The SMILES string of the molecule is CC.Cc1cnc(-c2ccco2)s1. The van der Waals surface area contributed by atoms with Gasteiger partial charge in [0.1, 0.15) is 0 Å². The molecule has 0 amide bonds. The molecule has 0 unspecified atom stereocenters. The molecular weight excluding hydrogens is 182 g/mol. The second kappa shape index (κ2) is 4.82. The van der Waals surface area contributed by atoms with E-state index in [0.717, 1.165) is 10.8 Å². The molecule has 0 N–H and O–H groups in total. The summed E-state index contributed by atoms with van der Waals surface area (Å²) < 4.78 is 5.18. The maximum absolute atomic E-state index is 5.18. The third-order valence-corrected chi connectivity index (χ3v) is 2.28. The third-order valence-electron chi connectivity index (χ3n) is 1.35. The number of aromatic nitrogens is 1. The van der Waals surface area contributed by atoms with Crippen LogP contribution in [0.3, 0.4) is 0 Å². The van der Waals surface area contributed by atoms with Gasteiger partial charge in [-0.25, -0.2) is 4.98 Å².